The van der Waals surface area contributed by atoms with Crippen molar-refractivity contribution in [1.29, 1.82) is 0 Å². The SMILES string of the molecule is CCOC(C)=O.[Cl-].[Cl-].[Zn+2]. The van der Waals surface area contributed by atoms with Crippen molar-refractivity contribution >= 4 is 5.97 Å². The second kappa shape index (κ2) is 15.9. The van der Waals surface area contributed by atoms with E-state index < -0.39 is 0 Å². The van der Waals surface area contributed by atoms with Crippen molar-refractivity contribution in [1.82, 2.24) is 0 Å². The summed E-state index contributed by atoms with van der Waals surface area (Å²) in [5.41, 5.74) is 0. The topological polar surface area (TPSA) is 26.3 Å². The third-order valence-corrected chi connectivity index (χ3v) is 0.348. The molecular weight excluding hydrogens is 216 g/mol. The van der Waals surface area contributed by atoms with Gasteiger partial charge in [-0.1, -0.05) is 0 Å². The maximum Gasteiger partial charge on any atom is 2.00 e. The molecule has 5 heteroatoms. The summed E-state index contributed by atoms with van der Waals surface area (Å²) in [6.07, 6.45) is 0. The molecule has 0 radical (unpaired) electrons. The van der Waals surface area contributed by atoms with Gasteiger partial charge in [0.05, 0.1) is 6.61 Å². The summed E-state index contributed by atoms with van der Waals surface area (Å²) in [6.45, 7) is 3.65. The second-order valence-electron chi connectivity index (χ2n) is 0.925. The van der Waals surface area contributed by atoms with Crippen LogP contribution in [0.25, 0.3) is 0 Å². The number of rotatable bonds is 1. The van der Waals surface area contributed by atoms with Gasteiger partial charge in [0.2, 0.25) is 0 Å². The van der Waals surface area contributed by atoms with Crippen LogP contribution in [0.2, 0.25) is 0 Å². The number of esters is 1. The molecule has 2 nitrogen and oxygen atoms in total. The third kappa shape index (κ3) is 28.6. The number of hydrogen-bond donors (Lipinski definition) is 0. The van der Waals surface area contributed by atoms with E-state index in [0.717, 1.165) is 0 Å². The standard InChI is InChI=1S/C4H8O2.2ClH.Zn/c1-3-6-4(2)5;;;/h3H2,1-2H3;2*1H;/q;;;+2/p-2. The van der Waals surface area contributed by atoms with Gasteiger partial charge in [0.1, 0.15) is 0 Å². The second-order valence-corrected chi connectivity index (χ2v) is 0.925. The number of carbonyl (C=O) groups excluding carboxylic acids is 1. The Labute approximate surface area is 80.3 Å². The number of hydrogen-bond acceptors (Lipinski definition) is 2. The molecule has 0 atom stereocenters. The summed E-state index contributed by atoms with van der Waals surface area (Å²) >= 11 is 0. The van der Waals surface area contributed by atoms with Crippen LogP contribution in [0, 0.1) is 0 Å². The molecule has 0 saturated heterocycles. The normalized spacial score (nSPS) is 5.11. The van der Waals surface area contributed by atoms with Crippen molar-refractivity contribution < 1.29 is 53.8 Å². The van der Waals surface area contributed by atoms with Crippen LogP contribution in [-0.4, -0.2) is 12.6 Å². The molecule has 0 spiro atoms. The minimum atomic E-state index is -0.211. The summed E-state index contributed by atoms with van der Waals surface area (Å²) in [6, 6.07) is 0. The minimum absolute atomic E-state index is 0. The van der Waals surface area contributed by atoms with Gasteiger partial charge in [0.25, 0.3) is 0 Å². The molecule has 0 aliphatic carbocycles. The average Bonchev–Trinajstić information content (AvgIpc) is 1.35. The zero-order valence-electron chi connectivity index (χ0n) is 5.49. The Kier molecular flexibility index (Phi) is 39.9. The minimum Gasteiger partial charge on any atom is -1.00 e. The Hall–Kier alpha value is 0.673. The van der Waals surface area contributed by atoms with Crippen LogP contribution in [0.15, 0.2) is 0 Å². The monoisotopic (exact) mass is 222 g/mol. The molecule has 0 aliphatic rings. The van der Waals surface area contributed by atoms with Gasteiger partial charge in [-0.2, -0.15) is 0 Å². The number of carbonyl (C=O) groups is 1. The first kappa shape index (κ1) is 22.6. The van der Waals surface area contributed by atoms with Crippen LogP contribution < -0.4 is 24.8 Å². The molecule has 0 fully saturated rings. The number of ether oxygens (including phenoxy) is 1. The molecule has 0 unspecified atom stereocenters. The van der Waals surface area contributed by atoms with E-state index in [1.54, 1.807) is 6.92 Å². The molecule has 0 aromatic carbocycles. The van der Waals surface area contributed by atoms with Crippen LogP contribution in [-0.2, 0) is 29.0 Å². The Balaban J connectivity index is -0.0000000417. The predicted molar refractivity (Wildman–Crippen MR) is 22.3 cm³/mol. The summed E-state index contributed by atoms with van der Waals surface area (Å²) < 4.78 is 4.40. The van der Waals surface area contributed by atoms with Crippen LogP contribution in [0.3, 0.4) is 0 Å². The van der Waals surface area contributed by atoms with Gasteiger partial charge in [-0.3, -0.25) is 4.79 Å². The molecule has 9 heavy (non-hydrogen) atoms. The molecule has 0 rings (SSSR count). The van der Waals surface area contributed by atoms with Crippen molar-refractivity contribution in [3.63, 3.8) is 0 Å². The van der Waals surface area contributed by atoms with Crippen molar-refractivity contribution in [3.05, 3.63) is 0 Å². The maximum absolute atomic E-state index is 9.82. The predicted octanol–water partition coefficient (Wildman–Crippen LogP) is -5.43. The van der Waals surface area contributed by atoms with Gasteiger partial charge >= 0.3 is 25.4 Å². The van der Waals surface area contributed by atoms with Crippen molar-refractivity contribution in [2.45, 2.75) is 13.8 Å². The fraction of sp³-hybridized carbons (Fsp3) is 0.750. The first-order valence-corrected chi connectivity index (χ1v) is 1.90. The van der Waals surface area contributed by atoms with E-state index in [4.69, 9.17) is 0 Å². The largest absolute Gasteiger partial charge is 2.00 e. The molecule has 0 aliphatic heterocycles. The molecule has 0 saturated carbocycles. The molecule has 0 amide bonds. The smallest absolute Gasteiger partial charge is 1.00 e. The number of halogens is 2. The van der Waals surface area contributed by atoms with Gasteiger partial charge in [0.15, 0.2) is 0 Å². The maximum atomic E-state index is 9.82. The van der Waals surface area contributed by atoms with E-state index in [0.29, 0.717) is 6.61 Å². The van der Waals surface area contributed by atoms with Crippen LogP contribution >= 0.6 is 0 Å². The van der Waals surface area contributed by atoms with E-state index in [-0.39, 0.29) is 50.3 Å². The van der Waals surface area contributed by atoms with Crippen LogP contribution in [0.1, 0.15) is 13.8 Å². The summed E-state index contributed by atoms with van der Waals surface area (Å²) in [5.74, 6) is -0.211. The van der Waals surface area contributed by atoms with E-state index >= 15 is 0 Å². The third-order valence-electron chi connectivity index (χ3n) is 0.348. The molecule has 0 N–H and O–H groups in total. The van der Waals surface area contributed by atoms with Gasteiger partial charge < -0.3 is 29.6 Å². The Morgan fingerprint density at radius 2 is 1.78 bits per heavy atom. The van der Waals surface area contributed by atoms with Crippen molar-refractivity contribution in [2.75, 3.05) is 6.61 Å². The van der Waals surface area contributed by atoms with E-state index in [1.807, 2.05) is 0 Å². The van der Waals surface area contributed by atoms with Crippen molar-refractivity contribution in [2.24, 2.45) is 0 Å². The average molecular weight is 224 g/mol. The van der Waals surface area contributed by atoms with Gasteiger partial charge in [-0.25, -0.2) is 0 Å². The van der Waals surface area contributed by atoms with Crippen LogP contribution in [0.4, 0.5) is 0 Å². The fourth-order valence-corrected chi connectivity index (χ4v) is 0.203. The molecule has 0 heterocycles. The Morgan fingerprint density at radius 1 is 1.44 bits per heavy atom. The van der Waals surface area contributed by atoms with Crippen LogP contribution in [0.5, 0.6) is 0 Å². The fourth-order valence-electron chi connectivity index (χ4n) is 0.203. The van der Waals surface area contributed by atoms with E-state index in [9.17, 15) is 4.79 Å². The van der Waals surface area contributed by atoms with Crippen molar-refractivity contribution in [3.8, 4) is 0 Å². The quantitative estimate of drug-likeness (QED) is 0.328. The Bertz CT molecular complexity index is 60.5. The molecule has 0 bridgehead atoms. The van der Waals surface area contributed by atoms with Gasteiger partial charge in [-0.15, -0.1) is 0 Å². The molecule has 0 aromatic rings. The zero-order chi connectivity index (χ0) is 4.99. The van der Waals surface area contributed by atoms with E-state index in [2.05, 4.69) is 4.74 Å². The first-order chi connectivity index (χ1) is 2.77. The molecule has 0 aromatic heterocycles. The molecule has 52 valence electrons. The Morgan fingerprint density at radius 3 is 1.78 bits per heavy atom. The first-order valence-electron chi connectivity index (χ1n) is 1.90. The van der Waals surface area contributed by atoms with E-state index in [1.165, 1.54) is 6.92 Å². The van der Waals surface area contributed by atoms with Gasteiger partial charge in [0, 0.05) is 6.92 Å². The zero-order valence-corrected chi connectivity index (χ0v) is 9.97. The molecular formula is C4H8Cl2O2Zn. The summed E-state index contributed by atoms with van der Waals surface area (Å²) in [5, 5.41) is 0. The summed E-state index contributed by atoms with van der Waals surface area (Å²) in [7, 11) is 0. The summed E-state index contributed by atoms with van der Waals surface area (Å²) in [4.78, 5) is 9.82. The van der Waals surface area contributed by atoms with Gasteiger partial charge in [-0.05, 0) is 6.92 Å².